The highest BCUT2D eigenvalue weighted by atomic mass is 79.9. The van der Waals surface area contributed by atoms with E-state index in [1.54, 1.807) is 6.07 Å². The SMILES string of the molecule is CCc1nc(Cl)c(C)c(Nc2cc(F)ccc2Br)n1. The summed E-state index contributed by atoms with van der Waals surface area (Å²) in [5, 5.41) is 3.48. The molecule has 6 heteroatoms. The highest BCUT2D eigenvalue weighted by molar-refractivity contribution is 9.10. The van der Waals surface area contributed by atoms with Gasteiger partial charge in [0.1, 0.15) is 22.6 Å². The fraction of sp³-hybridized carbons (Fsp3) is 0.231. The monoisotopic (exact) mass is 343 g/mol. The predicted molar refractivity (Wildman–Crippen MR) is 78.5 cm³/mol. The number of hydrogen-bond donors (Lipinski definition) is 1. The molecule has 100 valence electrons. The molecule has 1 aromatic carbocycles. The van der Waals surface area contributed by atoms with E-state index in [1.165, 1.54) is 12.1 Å². The van der Waals surface area contributed by atoms with Gasteiger partial charge in [0.2, 0.25) is 0 Å². The largest absolute Gasteiger partial charge is 0.339 e. The van der Waals surface area contributed by atoms with Gasteiger partial charge in [-0.2, -0.15) is 0 Å². The van der Waals surface area contributed by atoms with Crippen LogP contribution in [-0.4, -0.2) is 9.97 Å². The number of aryl methyl sites for hydroxylation is 1. The third kappa shape index (κ3) is 3.22. The van der Waals surface area contributed by atoms with E-state index in [9.17, 15) is 4.39 Å². The molecule has 0 radical (unpaired) electrons. The highest BCUT2D eigenvalue weighted by Crippen LogP contribution is 2.29. The molecule has 0 saturated carbocycles. The minimum atomic E-state index is -0.320. The van der Waals surface area contributed by atoms with Crippen LogP contribution < -0.4 is 5.32 Å². The fourth-order valence-corrected chi connectivity index (χ4v) is 2.07. The standard InChI is InChI=1S/C13H12BrClFN3/c1-3-11-18-12(15)7(2)13(19-11)17-10-6-8(16)4-5-9(10)14/h4-6H,3H2,1-2H3,(H,17,18,19). The normalized spacial score (nSPS) is 10.6. The van der Waals surface area contributed by atoms with E-state index >= 15 is 0 Å². The summed E-state index contributed by atoms with van der Waals surface area (Å²) in [7, 11) is 0. The van der Waals surface area contributed by atoms with Crippen molar-refractivity contribution >= 4 is 39.0 Å². The van der Waals surface area contributed by atoms with Gasteiger partial charge in [0.05, 0.1) is 5.69 Å². The lowest BCUT2D eigenvalue weighted by Crippen LogP contribution is -2.03. The Morgan fingerprint density at radius 3 is 2.79 bits per heavy atom. The average Bonchev–Trinajstić information content (AvgIpc) is 2.38. The van der Waals surface area contributed by atoms with E-state index in [4.69, 9.17) is 11.6 Å². The number of rotatable bonds is 3. The molecule has 0 unspecified atom stereocenters. The molecule has 1 heterocycles. The van der Waals surface area contributed by atoms with Crippen molar-refractivity contribution in [1.29, 1.82) is 0 Å². The van der Waals surface area contributed by atoms with Crippen LogP contribution in [0.15, 0.2) is 22.7 Å². The minimum Gasteiger partial charge on any atom is -0.339 e. The van der Waals surface area contributed by atoms with Crippen molar-refractivity contribution in [2.45, 2.75) is 20.3 Å². The van der Waals surface area contributed by atoms with Crippen molar-refractivity contribution in [3.05, 3.63) is 45.0 Å². The van der Waals surface area contributed by atoms with E-state index in [0.717, 1.165) is 10.0 Å². The molecule has 0 bridgehead atoms. The lowest BCUT2D eigenvalue weighted by molar-refractivity contribution is 0.628. The van der Waals surface area contributed by atoms with E-state index in [1.807, 2.05) is 13.8 Å². The number of benzene rings is 1. The Balaban J connectivity index is 2.42. The van der Waals surface area contributed by atoms with Crippen molar-refractivity contribution in [1.82, 2.24) is 9.97 Å². The van der Waals surface area contributed by atoms with Crippen molar-refractivity contribution in [2.75, 3.05) is 5.32 Å². The summed E-state index contributed by atoms with van der Waals surface area (Å²) >= 11 is 9.42. The molecule has 1 aromatic heterocycles. The quantitative estimate of drug-likeness (QED) is 0.824. The Bertz CT molecular complexity index is 619. The van der Waals surface area contributed by atoms with E-state index in [0.29, 0.717) is 28.9 Å². The Morgan fingerprint density at radius 1 is 1.37 bits per heavy atom. The van der Waals surface area contributed by atoms with Crippen molar-refractivity contribution in [3.63, 3.8) is 0 Å². The van der Waals surface area contributed by atoms with Crippen LogP contribution in [0.3, 0.4) is 0 Å². The first kappa shape index (κ1) is 14.2. The Morgan fingerprint density at radius 2 is 2.11 bits per heavy atom. The van der Waals surface area contributed by atoms with Crippen LogP contribution in [0.2, 0.25) is 5.15 Å². The molecule has 0 fully saturated rings. The van der Waals surface area contributed by atoms with Gasteiger partial charge in [0.25, 0.3) is 0 Å². The molecule has 0 aliphatic heterocycles. The van der Waals surface area contributed by atoms with Crippen LogP contribution in [-0.2, 0) is 6.42 Å². The van der Waals surface area contributed by atoms with Crippen LogP contribution >= 0.6 is 27.5 Å². The molecule has 0 aliphatic rings. The van der Waals surface area contributed by atoms with Gasteiger partial charge in [-0.05, 0) is 41.1 Å². The third-order valence-electron chi connectivity index (χ3n) is 2.63. The maximum absolute atomic E-state index is 13.3. The molecular weight excluding hydrogens is 333 g/mol. The Labute approximate surface area is 124 Å². The summed E-state index contributed by atoms with van der Waals surface area (Å²) in [4.78, 5) is 8.53. The second kappa shape index (κ2) is 5.84. The van der Waals surface area contributed by atoms with Crippen LogP contribution in [0, 0.1) is 12.7 Å². The summed E-state index contributed by atoms with van der Waals surface area (Å²) in [5.41, 5.74) is 1.33. The van der Waals surface area contributed by atoms with Gasteiger partial charge in [-0.1, -0.05) is 18.5 Å². The molecule has 2 rings (SSSR count). The highest BCUT2D eigenvalue weighted by Gasteiger charge is 2.10. The summed E-state index contributed by atoms with van der Waals surface area (Å²) in [6.07, 6.45) is 0.680. The summed E-state index contributed by atoms with van der Waals surface area (Å²) < 4.78 is 14.0. The van der Waals surface area contributed by atoms with E-state index in [2.05, 4.69) is 31.2 Å². The minimum absolute atomic E-state index is 0.320. The maximum atomic E-state index is 13.3. The number of nitrogens with one attached hydrogen (secondary N) is 1. The molecule has 0 spiro atoms. The molecule has 19 heavy (non-hydrogen) atoms. The molecule has 3 nitrogen and oxygen atoms in total. The molecule has 0 atom stereocenters. The van der Waals surface area contributed by atoms with Gasteiger partial charge < -0.3 is 5.32 Å². The van der Waals surface area contributed by atoms with Crippen LogP contribution in [0.4, 0.5) is 15.9 Å². The van der Waals surface area contributed by atoms with Crippen LogP contribution in [0.1, 0.15) is 18.3 Å². The second-order valence-electron chi connectivity index (χ2n) is 4.01. The van der Waals surface area contributed by atoms with Gasteiger partial charge in [0.15, 0.2) is 0 Å². The molecular formula is C13H12BrClFN3. The number of aromatic nitrogens is 2. The average molecular weight is 345 g/mol. The maximum Gasteiger partial charge on any atom is 0.138 e. The molecule has 2 aromatic rings. The first-order valence-electron chi connectivity index (χ1n) is 5.76. The van der Waals surface area contributed by atoms with E-state index < -0.39 is 0 Å². The zero-order valence-electron chi connectivity index (χ0n) is 10.5. The lowest BCUT2D eigenvalue weighted by Gasteiger charge is -2.12. The summed E-state index contributed by atoms with van der Waals surface area (Å²) in [6, 6.07) is 4.41. The lowest BCUT2D eigenvalue weighted by atomic mass is 10.2. The molecule has 0 saturated heterocycles. The number of anilines is 2. The van der Waals surface area contributed by atoms with Crippen LogP contribution in [0.5, 0.6) is 0 Å². The van der Waals surface area contributed by atoms with Gasteiger partial charge in [0, 0.05) is 16.5 Å². The Kier molecular flexibility index (Phi) is 4.37. The summed E-state index contributed by atoms with van der Waals surface area (Å²) in [6.45, 7) is 3.76. The van der Waals surface area contributed by atoms with Gasteiger partial charge in [-0.15, -0.1) is 0 Å². The third-order valence-corrected chi connectivity index (χ3v) is 3.69. The van der Waals surface area contributed by atoms with Gasteiger partial charge in [-0.3, -0.25) is 0 Å². The Hall–Kier alpha value is -1.20. The molecule has 0 amide bonds. The van der Waals surface area contributed by atoms with Crippen LogP contribution in [0.25, 0.3) is 0 Å². The van der Waals surface area contributed by atoms with E-state index in [-0.39, 0.29) is 5.82 Å². The van der Waals surface area contributed by atoms with Gasteiger partial charge in [-0.25, -0.2) is 14.4 Å². The number of halogens is 3. The molecule has 1 N–H and O–H groups in total. The summed E-state index contributed by atoms with van der Waals surface area (Å²) in [5.74, 6) is 0.910. The van der Waals surface area contributed by atoms with Crippen molar-refractivity contribution in [3.8, 4) is 0 Å². The zero-order valence-corrected chi connectivity index (χ0v) is 12.8. The number of hydrogen-bond acceptors (Lipinski definition) is 3. The topological polar surface area (TPSA) is 37.8 Å². The second-order valence-corrected chi connectivity index (χ2v) is 5.22. The first-order chi connectivity index (χ1) is 9.01. The van der Waals surface area contributed by atoms with Crippen molar-refractivity contribution in [2.24, 2.45) is 0 Å². The predicted octanol–water partition coefficient (Wildman–Crippen LogP) is 4.65. The van der Waals surface area contributed by atoms with Gasteiger partial charge >= 0.3 is 0 Å². The van der Waals surface area contributed by atoms with Crippen molar-refractivity contribution < 1.29 is 4.39 Å². The fourth-order valence-electron chi connectivity index (χ4n) is 1.53. The smallest absolute Gasteiger partial charge is 0.138 e. The number of nitrogens with zero attached hydrogens (tertiary/aromatic N) is 2. The zero-order chi connectivity index (χ0) is 14.0. The first-order valence-corrected chi connectivity index (χ1v) is 6.93. The molecule has 0 aliphatic carbocycles.